The fourth-order valence-electron chi connectivity index (χ4n) is 3.36. The van der Waals surface area contributed by atoms with Crippen LogP contribution < -0.4 is 20.9 Å². The van der Waals surface area contributed by atoms with Gasteiger partial charge >= 0.3 is 12.2 Å². The number of anilines is 3. The van der Waals surface area contributed by atoms with E-state index >= 15 is 0 Å². The minimum absolute atomic E-state index is 0. The molecule has 0 aliphatic carbocycles. The summed E-state index contributed by atoms with van der Waals surface area (Å²) in [5.41, 5.74) is 4.72. The molecule has 2 heterocycles. The number of nitrogen functional groups attached to an aromatic ring is 1. The van der Waals surface area contributed by atoms with Gasteiger partial charge in [-0.05, 0) is 38.5 Å². The molecular weight excluding hydrogens is 461 g/mol. The summed E-state index contributed by atoms with van der Waals surface area (Å²) in [6.45, 7) is 6.09. The van der Waals surface area contributed by atoms with Crippen molar-refractivity contribution in [2.75, 3.05) is 28.6 Å². The van der Waals surface area contributed by atoms with Crippen molar-refractivity contribution >= 4 is 41.8 Å². The van der Waals surface area contributed by atoms with Gasteiger partial charge in [0.2, 0.25) is 5.95 Å². The van der Waals surface area contributed by atoms with Crippen molar-refractivity contribution in [1.29, 1.82) is 0 Å². The molecule has 0 unspecified atom stereocenters. The van der Waals surface area contributed by atoms with Gasteiger partial charge in [0.1, 0.15) is 11.4 Å². The smallest absolute Gasteiger partial charge is 0.383 e. The highest BCUT2D eigenvalue weighted by molar-refractivity contribution is 6.09. The average molecular weight is 487 g/mol. The van der Waals surface area contributed by atoms with Crippen LogP contribution in [0.25, 0.3) is 0 Å². The fraction of sp³-hybridized carbons (Fsp3) is 0.429. The van der Waals surface area contributed by atoms with E-state index in [1.807, 2.05) is 20.8 Å². The molecule has 12 heteroatoms. The van der Waals surface area contributed by atoms with Crippen molar-refractivity contribution in [2.24, 2.45) is 0 Å². The molecule has 3 amide bonds. The van der Waals surface area contributed by atoms with Crippen LogP contribution in [0.5, 0.6) is 0 Å². The van der Waals surface area contributed by atoms with E-state index in [4.69, 9.17) is 5.73 Å². The number of benzene rings is 1. The molecule has 0 spiro atoms. The lowest BCUT2D eigenvalue weighted by molar-refractivity contribution is -0.137. The van der Waals surface area contributed by atoms with Crippen molar-refractivity contribution in [2.45, 2.75) is 45.3 Å². The van der Waals surface area contributed by atoms with Gasteiger partial charge in [-0.1, -0.05) is 19.4 Å². The summed E-state index contributed by atoms with van der Waals surface area (Å²) in [7, 11) is 0. The van der Waals surface area contributed by atoms with Gasteiger partial charge in [0.15, 0.2) is 0 Å². The maximum absolute atomic E-state index is 13.2. The Balaban J connectivity index is 0.00000385. The molecule has 8 nitrogen and oxygen atoms in total. The zero-order valence-electron chi connectivity index (χ0n) is 18.4. The third-order valence-electron chi connectivity index (χ3n) is 4.99. The number of nitrogens with one attached hydrogen (secondary N) is 1. The zero-order valence-corrected chi connectivity index (χ0v) is 19.3. The standard InChI is InChI=1S/C21H25F3N6O2.ClH/c1-4-5-9-29(14-8-6-7-13(10-14)21(22,23)24)17(31)15-11-26-18(27-16(15)25)30-12-20(2,3)28-19(30)32;/h6-8,10-11H,4-5,9,12H2,1-3H3,(H,28,32)(H2,25,26,27);1H. The number of aromatic nitrogens is 2. The maximum atomic E-state index is 13.2. The maximum Gasteiger partial charge on any atom is 0.416 e. The van der Waals surface area contributed by atoms with E-state index in [-0.39, 0.29) is 48.0 Å². The first kappa shape index (κ1) is 26.2. The molecule has 0 saturated carbocycles. The number of amides is 3. The van der Waals surface area contributed by atoms with E-state index < -0.39 is 23.2 Å². The first-order valence-corrected chi connectivity index (χ1v) is 10.1. The zero-order chi connectivity index (χ0) is 23.7. The van der Waals surface area contributed by atoms with Crippen LogP contribution in [0.2, 0.25) is 0 Å². The summed E-state index contributed by atoms with van der Waals surface area (Å²) in [6.07, 6.45) is -2.04. The van der Waals surface area contributed by atoms with Gasteiger partial charge in [0.05, 0.1) is 17.6 Å². The van der Waals surface area contributed by atoms with Crippen LogP contribution in [0.15, 0.2) is 30.5 Å². The number of alkyl halides is 3. The van der Waals surface area contributed by atoms with Gasteiger partial charge in [0, 0.05) is 18.4 Å². The number of carbonyl (C=O) groups excluding carboxylic acids is 2. The third-order valence-corrected chi connectivity index (χ3v) is 4.99. The highest BCUT2D eigenvalue weighted by Crippen LogP contribution is 2.32. The number of nitrogens with two attached hydrogens (primary N) is 1. The summed E-state index contributed by atoms with van der Waals surface area (Å²) in [5.74, 6) is -0.736. The van der Waals surface area contributed by atoms with E-state index in [1.165, 1.54) is 28.1 Å². The monoisotopic (exact) mass is 486 g/mol. The van der Waals surface area contributed by atoms with Crippen LogP contribution in [0.4, 0.5) is 35.4 Å². The Bertz CT molecular complexity index is 1030. The molecular formula is C21H26ClF3N6O2. The molecule has 2 aromatic rings. The normalized spacial score (nSPS) is 15.1. The number of unbranched alkanes of at least 4 members (excludes halogenated alkanes) is 1. The summed E-state index contributed by atoms with van der Waals surface area (Å²) in [4.78, 5) is 36.2. The number of carbonyl (C=O) groups is 2. The largest absolute Gasteiger partial charge is 0.416 e. The number of urea groups is 1. The van der Waals surface area contributed by atoms with Crippen molar-refractivity contribution in [1.82, 2.24) is 15.3 Å². The first-order valence-electron chi connectivity index (χ1n) is 10.1. The second-order valence-corrected chi connectivity index (χ2v) is 8.23. The second-order valence-electron chi connectivity index (χ2n) is 8.23. The first-order chi connectivity index (χ1) is 14.9. The van der Waals surface area contributed by atoms with Crippen LogP contribution in [-0.4, -0.2) is 40.5 Å². The number of hydrogen-bond acceptors (Lipinski definition) is 5. The Labute approximate surface area is 195 Å². The van der Waals surface area contributed by atoms with Crippen LogP contribution >= 0.6 is 12.4 Å². The SMILES string of the molecule is CCCCN(C(=O)c1cnc(N2CC(C)(C)NC2=O)nc1N)c1cccc(C(F)(F)F)c1.Cl. The molecule has 3 rings (SSSR count). The fourth-order valence-corrected chi connectivity index (χ4v) is 3.36. The van der Waals surface area contributed by atoms with Gasteiger partial charge in [-0.25, -0.2) is 9.78 Å². The number of hydrogen-bond donors (Lipinski definition) is 2. The highest BCUT2D eigenvalue weighted by atomic mass is 35.5. The van der Waals surface area contributed by atoms with E-state index in [0.717, 1.165) is 18.6 Å². The molecule has 1 fully saturated rings. The van der Waals surface area contributed by atoms with Crippen LogP contribution in [-0.2, 0) is 6.18 Å². The van der Waals surface area contributed by atoms with Crippen molar-refractivity contribution in [3.8, 4) is 0 Å². The third kappa shape index (κ3) is 5.84. The van der Waals surface area contributed by atoms with Gasteiger partial charge in [-0.2, -0.15) is 18.2 Å². The number of nitrogens with zero attached hydrogens (tertiary/aromatic N) is 4. The molecule has 0 bridgehead atoms. The molecule has 0 atom stereocenters. The quantitative estimate of drug-likeness (QED) is 0.635. The Morgan fingerprint density at radius 1 is 1.33 bits per heavy atom. The Hall–Kier alpha value is -3.08. The topological polar surface area (TPSA) is 104 Å². The minimum Gasteiger partial charge on any atom is -0.383 e. The van der Waals surface area contributed by atoms with Gasteiger partial charge in [0.25, 0.3) is 5.91 Å². The number of halogens is 4. The average Bonchev–Trinajstić information content (AvgIpc) is 3.00. The van der Waals surface area contributed by atoms with E-state index in [2.05, 4.69) is 15.3 Å². The van der Waals surface area contributed by atoms with Crippen LogP contribution in [0.1, 0.15) is 49.5 Å². The molecule has 1 aliphatic rings. The summed E-state index contributed by atoms with van der Waals surface area (Å²) < 4.78 is 39.5. The van der Waals surface area contributed by atoms with Crippen molar-refractivity contribution in [3.05, 3.63) is 41.6 Å². The predicted octanol–water partition coefficient (Wildman–Crippen LogP) is 4.25. The highest BCUT2D eigenvalue weighted by Gasteiger charge is 2.37. The molecule has 1 aromatic heterocycles. The second kappa shape index (κ2) is 9.82. The predicted molar refractivity (Wildman–Crippen MR) is 122 cm³/mol. The minimum atomic E-state index is -4.54. The lowest BCUT2D eigenvalue weighted by atomic mass is 10.1. The van der Waals surface area contributed by atoms with Gasteiger partial charge in [-0.15, -0.1) is 12.4 Å². The molecule has 33 heavy (non-hydrogen) atoms. The Morgan fingerprint density at radius 2 is 2.03 bits per heavy atom. The summed E-state index contributed by atoms with van der Waals surface area (Å²) >= 11 is 0. The van der Waals surface area contributed by atoms with Crippen molar-refractivity contribution in [3.63, 3.8) is 0 Å². The van der Waals surface area contributed by atoms with Crippen LogP contribution in [0.3, 0.4) is 0 Å². The van der Waals surface area contributed by atoms with E-state index in [9.17, 15) is 22.8 Å². The molecule has 1 aliphatic heterocycles. The molecule has 180 valence electrons. The summed E-state index contributed by atoms with van der Waals surface area (Å²) in [6, 6.07) is 4.17. The number of rotatable bonds is 6. The van der Waals surface area contributed by atoms with E-state index in [0.29, 0.717) is 13.0 Å². The molecule has 1 aromatic carbocycles. The molecule has 1 saturated heterocycles. The molecule has 3 N–H and O–H groups in total. The molecule has 0 radical (unpaired) electrons. The lowest BCUT2D eigenvalue weighted by Gasteiger charge is -2.24. The lowest BCUT2D eigenvalue weighted by Crippen LogP contribution is -2.36. The van der Waals surface area contributed by atoms with Gasteiger partial charge < -0.3 is 16.0 Å². The Kier molecular flexibility index (Phi) is 7.79. The van der Waals surface area contributed by atoms with Crippen molar-refractivity contribution < 1.29 is 22.8 Å². The van der Waals surface area contributed by atoms with E-state index in [1.54, 1.807) is 0 Å². The Morgan fingerprint density at radius 3 is 2.58 bits per heavy atom. The van der Waals surface area contributed by atoms with Gasteiger partial charge in [-0.3, -0.25) is 9.69 Å². The summed E-state index contributed by atoms with van der Waals surface area (Å²) in [5, 5.41) is 2.78. The van der Waals surface area contributed by atoms with Crippen LogP contribution in [0, 0.1) is 0 Å².